The zero-order chi connectivity index (χ0) is 10.8. The third-order valence-electron chi connectivity index (χ3n) is 5.97. The molecule has 1 atom stereocenters. The van der Waals surface area contributed by atoms with E-state index in [1.807, 2.05) is 0 Å². The second kappa shape index (κ2) is 3.23. The molecule has 1 saturated heterocycles. The van der Waals surface area contributed by atoms with Gasteiger partial charge in [-0.1, -0.05) is 0 Å². The molecule has 0 aromatic carbocycles. The van der Waals surface area contributed by atoms with Gasteiger partial charge in [0.05, 0.1) is 6.61 Å². The molecule has 1 unspecified atom stereocenters. The van der Waals surface area contributed by atoms with Crippen molar-refractivity contribution in [2.75, 3.05) is 13.2 Å². The van der Waals surface area contributed by atoms with Crippen LogP contribution in [0.25, 0.3) is 0 Å². The van der Waals surface area contributed by atoms with Crippen molar-refractivity contribution < 1.29 is 4.74 Å². The maximum absolute atomic E-state index is 6.66. The van der Waals surface area contributed by atoms with E-state index in [9.17, 15) is 0 Å². The summed E-state index contributed by atoms with van der Waals surface area (Å²) in [7, 11) is 0. The van der Waals surface area contributed by atoms with E-state index < -0.39 is 0 Å². The highest BCUT2D eigenvalue weighted by Crippen LogP contribution is 2.59. The summed E-state index contributed by atoms with van der Waals surface area (Å²) in [6.45, 7) is 1.74. The third-order valence-corrected chi connectivity index (χ3v) is 5.97. The summed E-state index contributed by atoms with van der Waals surface area (Å²) >= 11 is 0. The first-order valence-corrected chi connectivity index (χ1v) is 7.11. The molecular formula is C14H23NO. The van der Waals surface area contributed by atoms with Gasteiger partial charge < -0.3 is 10.5 Å². The Bertz CT molecular complexity index is 267. The smallest absolute Gasteiger partial charge is 0.0649 e. The van der Waals surface area contributed by atoms with Crippen LogP contribution in [0, 0.1) is 29.6 Å². The quantitative estimate of drug-likeness (QED) is 0.736. The molecule has 5 aliphatic rings. The number of hydrogen-bond donors (Lipinski definition) is 1. The zero-order valence-electron chi connectivity index (χ0n) is 10.0. The second-order valence-corrected chi connectivity index (χ2v) is 6.99. The number of rotatable bonds is 1. The highest BCUT2D eigenvalue weighted by Gasteiger charge is 2.55. The molecular weight excluding hydrogens is 198 g/mol. The minimum Gasteiger partial charge on any atom is -0.379 e. The molecule has 0 aromatic heterocycles. The van der Waals surface area contributed by atoms with Crippen molar-refractivity contribution in [3.8, 4) is 0 Å². The average Bonchev–Trinajstić information content (AvgIpc) is 2.64. The lowest BCUT2D eigenvalue weighted by Gasteiger charge is -2.58. The number of ether oxygens (including phenoxy) is 1. The van der Waals surface area contributed by atoms with Gasteiger partial charge in [0.1, 0.15) is 0 Å². The van der Waals surface area contributed by atoms with Crippen LogP contribution in [0.15, 0.2) is 0 Å². The lowest BCUT2D eigenvalue weighted by atomic mass is 9.48. The van der Waals surface area contributed by atoms with Gasteiger partial charge in [0, 0.05) is 12.1 Å². The molecule has 90 valence electrons. The fraction of sp³-hybridized carbons (Fsp3) is 1.00. The predicted octanol–water partition coefficient (Wildman–Crippen LogP) is 2.18. The number of nitrogens with two attached hydrogens (primary N) is 1. The highest BCUT2D eigenvalue weighted by molar-refractivity contribution is 5.07. The molecule has 1 heterocycles. The SMILES string of the molecule is NC1(C2C3CC4CC(C3)CC2C4)CCOC1. The first-order chi connectivity index (χ1) is 7.74. The van der Waals surface area contributed by atoms with Crippen LogP contribution in [0.2, 0.25) is 0 Å². The van der Waals surface area contributed by atoms with Crippen LogP contribution < -0.4 is 5.73 Å². The maximum Gasteiger partial charge on any atom is 0.0649 e. The molecule has 5 fully saturated rings. The highest BCUT2D eigenvalue weighted by atomic mass is 16.5. The maximum atomic E-state index is 6.66. The van der Waals surface area contributed by atoms with Crippen molar-refractivity contribution in [2.45, 2.75) is 44.1 Å². The molecule has 2 nitrogen and oxygen atoms in total. The Morgan fingerprint density at radius 2 is 1.56 bits per heavy atom. The van der Waals surface area contributed by atoms with Gasteiger partial charge in [0.2, 0.25) is 0 Å². The second-order valence-electron chi connectivity index (χ2n) is 6.99. The van der Waals surface area contributed by atoms with E-state index in [1.165, 1.54) is 32.1 Å². The van der Waals surface area contributed by atoms with Crippen LogP contribution in [-0.4, -0.2) is 18.8 Å². The van der Waals surface area contributed by atoms with E-state index in [1.54, 1.807) is 0 Å². The Hall–Kier alpha value is -0.0800. The molecule has 2 N–H and O–H groups in total. The molecule has 4 bridgehead atoms. The Labute approximate surface area is 97.9 Å². The van der Waals surface area contributed by atoms with Gasteiger partial charge in [-0.25, -0.2) is 0 Å². The molecule has 0 radical (unpaired) electrons. The summed E-state index contributed by atoms with van der Waals surface area (Å²) in [5.41, 5.74) is 6.70. The van der Waals surface area contributed by atoms with Gasteiger partial charge in [0.15, 0.2) is 0 Å². The van der Waals surface area contributed by atoms with Crippen LogP contribution in [0.5, 0.6) is 0 Å². The average molecular weight is 221 g/mol. The minimum atomic E-state index is 0.0443. The first-order valence-electron chi connectivity index (χ1n) is 7.11. The van der Waals surface area contributed by atoms with Crippen LogP contribution in [0.4, 0.5) is 0 Å². The molecule has 0 amide bonds. The Morgan fingerprint density at radius 3 is 2.06 bits per heavy atom. The van der Waals surface area contributed by atoms with E-state index in [2.05, 4.69) is 0 Å². The summed E-state index contributed by atoms with van der Waals surface area (Å²) < 4.78 is 5.59. The summed E-state index contributed by atoms with van der Waals surface area (Å²) in [6.07, 6.45) is 8.58. The van der Waals surface area contributed by atoms with Gasteiger partial charge in [-0.15, -0.1) is 0 Å². The van der Waals surface area contributed by atoms with Crippen LogP contribution in [-0.2, 0) is 4.74 Å². The minimum absolute atomic E-state index is 0.0443. The van der Waals surface area contributed by atoms with Crippen LogP contribution in [0.1, 0.15) is 38.5 Å². The van der Waals surface area contributed by atoms with Crippen molar-refractivity contribution in [3.63, 3.8) is 0 Å². The largest absolute Gasteiger partial charge is 0.379 e. The monoisotopic (exact) mass is 221 g/mol. The van der Waals surface area contributed by atoms with E-state index in [-0.39, 0.29) is 5.54 Å². The van der Waals surface area contributed by atoms with E-state index in [0.29, 0.717) is 0 Å². The van der Waals surface area contributed by atoms with Crippen LogP contribution >= 0.6 is 0 Å². The van der Waals surface area contributed by atoms with Gasteiger partial charge in [-0.05, 0) is 68.1 Å². The molecule has 0 aromatic rings. The van der Waals surface area contributed by atoms with Gasteiger partial charge in [-0.3, -0.25) is 0 Å². The van der Waals surface area contributed by atoms with Crippen molar-refractivity contribution in [2.24, 2.45) is 35.3 Å². The predicted molar refractivity (Wildman–Crippen MR) is 62.9 cm³/mol. The lowest BCUT2D eigenvalue weighted by Crippen LogP contribution is -2.59. The lowest BCUT2D eigenvalue weighted by molar-refractivity contribution is -0.0705. The van der Waals surface area contributed by atoms with Crippen molar-refractivity contribution in [1.29, 1.82) is 0 Å². The molecule has 1 aliphatic heterocycles. The van der Waals surface area contributed by atoms with Crippen molar-refractivity contribution in [3.05, 3.63) is 0 Å². The third kappa shape index (κ3) is 1.26. The normalized spacial score (nSPS) is 59.4. The van der Waals surface area contributed by atoms with Gasteiger partial charge in [-0.2, -0.15) is 0 Å². The van der Waals surface area contributed by atoms with Crippen molar-refractivity contribution >= 4 is 0 Å². The fourth-order valence-electron chi connectivity index (χ4n) is 5.72. The summed E-state index contributed by atoms with van der Waals surface area (Å²) in [6, 6.07) is 0. The van der Waals surface area contributed by atoms with E-state index in [4.69, 9.17) is 10.5 Å². The molecule has 4 aliphatic carbocycles. The molecule has 5 rings (SSSR count). The summed E-state index contributed by atoms with van der Waals surface area (Å²) in [5, 5.41) is 0. The van der Waals surface area contributed by atoms with E-state index >= 15 is 0 Å². The first kappa shape index (κ1) is 9.90. The summed E-state index contributed by atoms with van der Waals surface area (Å²) in [4.78, 5) is 0. The topological polar surface area (TPSA) is 35.2 Å². The van der Waals surface area contributed by atoms with Gasteiger partial charge >= 0.3 is 0 Å². The Balaban J connectivity index is 1.64. The molecule has 2 heteroatoms. The van der Waals surface area contributed by atoms with E-state index in [0.717, 1.165) is 49.2 Å². The molecule has 0 spiro atoms. The fourth-order valence-corrected chi connectivity index (χ4v) is 5.72. The Kier molecular flexibility index (Phi) is 2.00. The number of hydrogen-bond acceptors (Lipinski definition) is 2. The summed E-state index contributed by atoms with van der Waals surface area (Å²) in [5.74, 6) is 4.81. The zero-order valence-corrected chi connectivity index (χ0v) is 10.0. The standard InChI is InChI=1S/C14H23NO/c15-14(1-2-16-8-14)13-11-4-9-3-10(6-11)7-12(13)5-9/h9-13H,1-8,15H2. The molecule has 16 heavy (non-hydrogen) atoms. The van der Waals surface area contributed by atoms with Crippen LogP contribution in [0.3, 0.4) is 0 Å². The molecule has 4 saturated carbocycles. The Morgan fingerprint density at radius 1 is 0.938 bits per heavy atom. The van der Waals surface area contributed by atoms with Crippen molar-refractivity contribution in [1.82, 2.24) is 0 Å². The van der Waals surface area contributed by atoms with Gasteiger partial charge in [0.25, 0.3) is 0 Å².